The summed E-state index contributed by atoms with van der Waals surface area (Å²) in [4.78, 5) is 28.8. The number of carbonyl (C=O) groups excluding carboxylic acids is 1. The molecule has 10 heteroatoms. The zero-order valence-electron chi connectivity index (χ0n) is 12.4. The third-order valence-corrected chi connectivity index (χ3v) is 3.88. The van der Waals surface area contributed by atoms with Gasteiger partial charge in [-0.05, 0) is 12.1 Å². The van der Waals surface area contributed by atoms with Gasteiger partial charge < -0.3 is 14.7 Å². The Bertz CT molecular complexity index is 705. The average Bonchev–Trinajstić information content (AvgIpc) is 2.52. The number of sulfonamides is 1. The van der Waals surface area contributed by atoms with Crippen molar-refractivity contribution in [1.29, 1.82) is 0 Å². The van der Waals surface area contributed by atoms with Crippen LogP contribution in [-0.2, 0) is 26.1 Å². The molecule has 1 unspecified atom stereocenters. The quantitative estimate of drug-likeness (QED) is 0.706. The maximum atomic E-state index is 12.4. The van der Waals surface area contributed by atoms with Crippen molar-refractivity contribution in [2.24, 2.45) is 0 Å². The van der Waals surface area contributed by atoms with Gasteiger partial charge in [0.05, 0.1) is 31.6 Å². The monoisotopic (exact) mass is 343 g/mol. The predicted molar refractivity (Wildman–Crippen MR) is 79.2 cm³/mol. The summed E-state index contributed by atoms with van der Waals surface area (Å²) in [5.74, 6) is -1.46. The highest BCUT2D eigenvalue weighted by atomic mass is 32.2. The zero-order valence-corrected chi connectivity index (χ0v) is 13.2. The molecule has 0 aliphatic carbocycles. The first kappa shape index (κ1) is 17.3. The Kier molecular flexibility index (Phi) is 5.29. The minimum atomic E-state index is -3.36. The number of rotatable bonds is 5. The first-order valence-electron chi connectivity index (χ1n) is 6.79. The maximum absolute atomic E-state index is 12.4. The van der Waals surface area contributed by atoms with E-state index in [0.717, 1.165) is 6.26 Å². The molecule has 9 nitrogen and oxygen atoms in total. The lowest BCUT2D eigenvalue weighted by atomic mass is 10.1. The molecule has 1 fully saturated rings. The van der Waals surface area contributed by atoms with E-state index in [4.69, 9.17) is 9.84 Å². The van der Waals surface area contributed by atoms with Crippen molar-refractivity contribution in [2.45, 2.75) is 12.6 Å². The molecule has 126 valence electrons. The first-order valence-corrected chi connectivity index (χ1v) is 8.68. The van der Waals surface area contributed by atoms with Crippen LogP contribution in [0.4, 0.5) is 0 Å². The van der Waals surface area contributed by atoms with Gasteiger partial charge in [0.1, 0.15) is 0 Å². The van der Waals surface area contributed by atoms with Gasteiger partial charge in [-0.1, -0.05) is 0 Å². The van der Waals surface area contributed by atoms with E-state index in [0.29, 0.717) is 17.8 Å². The summed E-state index contributed by atoms with van der Waals surface area (Å²) in [6.07, 6.45) is 1.39. The maximum Gasteiger partial charge on any atom is 0.334 e. The lowest BCUT2D eigenvalue weighted by Gasteiger charge is -2.30. The lowest BCUT2D eigenvalue weighted by molar-refractivity contribution is -0.154. The van der Waals surface area contributed by atoms with Gasteiger partial charge in [-0.3, -0.25) is 9.78 Å². The number of ether oxygens (including phenoxy) is 1. The van der Waals surface area contributed by atoms with Crippen LogP contribution in [0.1, 0.15) is 16.1 Å². The summed E-state index contributed by atoms with van der Waals surface area (Å²) < 4.78 is 29.5. The Labute approximate surface area is 133 Å². The van der Waals surface area contributed by atoms with E-state index in [9.17, 15) is 18.0 Å². The van der Waals surface area contributed by atoms with Crippen LogP contribution < -0.4 is 4.72 Å². The fourth-order valence-electron chi connectivity index (χ4n) is 2.08. The molecular formula is C13H17N3O6S. The number of amides is 1. The molecule has 0 bridgehead atoms. The van der Waals surface area contributed by atoms with Crippen LogP contribution in [0.5, 0.6) is 0 Å². The summed E-state index contributed by atoms with van der Waals surface area (Å²) >= 11 is 0. The molecule has 1 saturated heterocycles. The van der Waals surface area contributed by atoms with Crippen LogP contribution in [0.25, 0.3) is 0 Å². The van der Waals surface area contributed by atoms with E-state index < -0.39 is 22.1 Å². The minimum Gasteiger partial charge on any atom is -0.479 e. The summed E-state index contributed by atoms with van der Waals surface area (Å²) in [7, 11) is -3.36. The smallest absolute Gasteiger partial charge is 0.334 e. The molecule has 0 aromatic carbocycles. The van der Waals surface area contributed by atoms with E-state index in [1.165, 1.54) is 23.2 Å². The molecule has 2 N–H and O–H groups in total. The summed E-state index contributed by atoms with van der Waals surface area (Å²) in [6, 6.07) is 2.98. The summed E-state index contributed by atoms with van der Waals surface area (Å²) in [6.45, 7) is 0.381. The normalized spacial score (nSPS) is 18.7. The zero-order chi connectivity index (χ0) is 17.0. The van der Waals surface area contributed by atoms with Crippen molar-refractivity contribution >= 4 is 21.9 Å². The molecule has 0 saturated carbocycles. The lowest BCUT2D eigenvalue weighted by Crippen LogP contribution is -2.48. The Hall–Kier alpha value is -2.04. The van der Waals surface area contributed by atoms with E-state index in [1.807, 2.05) is 0 Å². The molecule has 1 aliphatic heterocycles. The van der Waals surface area contributed by atoms with Crippen LogP contribution >= 0.6 is 0 Å². The molecule has 2 heterocycles. The molecule has 0 spiro atoms. The Balaban J connectivity index is 2.08. The number of hydrogen-bond acceptors (Lipinski definition) is 6. The number of morpholine rings is 1. The van der Waals surface area contributed by atoms with Crippen molar-refractivity contribution in [1.82, 2.24) is 14.6 Å². The minimum absolute atomic E-state index is 0.0270. The van der Waals surface area contributed by atoms with Gasteiger partial charge in [-0.2, -0.15) is 0 Å². The molecule has 1 aromatic heterocycles. The number of nitrogens with zero attached hydrogens (tertiary/aromatic N) is 2. The molecule has 1 aromatic rings. The molecule has 1 atom stereocenters. The molecule has 1 amide bonds. The van der Waals surface area contributed by atoms with Crippen LogP contribution in [0.15, 0.2) is 18.3 Å². The number of carbonyl (C=O) groups is 2. The molecule has 23 heavy (non-hydrogen) atoms. The van der Waals surface area contributed by atoms with E-state index in [1.54, 1.807) is 0 Å². The van der Waals surface area contributed by atoms with Crippen molar-refractivity contribution < 1.29 is 27.9 Å². The highest BCUT2D eigenvalue weighted by Crippen LogP contribution is 2.11. The number of nitrogens with one attached hydrogen (secondary N) is 1. The van der Waals surface area contributed by atoms with Crippen molar-refractivity contribution in [3.8, 4) is 0 Å². The number of aliphatic carboxylic acids is 1. The second-order valence-corrected chi connectivity index (χ2v) is 6.91. The van der Waals surface area contributed by atoms with Crippen molar-refractivity contribution in [3.05, 3.63) is 29.6 Å². The van der Waals surface area contributed by atoms with E-state index in [2.05, 4.69) is 9.71 Å². The Morgan fingerprint density at radius 1 is 1.52 bits per heavy atom. The predicted octanol–water partition coefficient (Wildman–Crippen LogP) is -0.944. The van der Waals surface area contributed by atoms with E-state index >= 15 is 0 Å². The van der Waals surface area contributed by atoms with Crippen LogP contribution in [-0.4, -0.2) is 67.3 Å². The summed E-state index contributed by atoms with van der Waals surface area (Å²) in [5, 5.41) is 8.96. The van der Waals surface area contributed by atoms with Crippen LogP contribution in [0.3, 0.4) is 0 Å². The van der Waals surface area contributed by atoms with Gasteiger partial charge in [-0.15, -0.1) is 0 Å². The fraction of sp³-hybridized carbons (Fsp3) is 0.462. The van der Waals surface area contributed by atoms with Crippen molar-refractivity contribution in [2.75, 3.05) is 26.0 Å². The highest BCUT2D eigenvalue weighted by Gasteiger charge is 2.29. The molecular weight excluding hydrogens is 326 g/mol. The average molecular weight is 343 g/mol. The number of pyridine rings is 1. The highest BCUT2D eigenvalue weighted by molar-refractivity contribution is 7.88. The SMILES string of the molecule is CS(=O)(=O)NCc1cc(C(=O)N2CCOC(C(=O)O)C2)ccn1. The molecule has 0 radical (unpaired) electrons. The van der Waals surface area contributed by atoms with Crippen LogP contribution in [0, 0.1) is 0 Å². The largest absolute Gasteiger partial charge is 0.479 e. The molecule has 2 rings (SSSR count). The number of carboxylic acid groups (broad SMARTS) is 1. The second-order valence-electron chi connectivity index (χ2n) is 5.08. The third-order valence-electron chi connectivity index (χ3n) is 3.21. The summed E-state index contributed by atoms with van der Waals surface area (Å²) in [5.41, 5.74) is 0.709. The van der Waals surface area contributed by atoms with Crippen LogP contribution in [0.2, 0.25) is 0 Å². The van der Waals surface area contributed by atoms with Gasteiger partial charge in [-0.25, -0.2) is 17.9 Å². The number of hydrogen-bond donors (Lipinski definition) is 2. The molecule has 1 aliphatic rings. The fourth-order valence-corrected chi connectivity index (χ4v) is 2.49. The van der Waals surface area contributed by atoms with E-state index in [-0.39, 0.29) is 25.6 Å². The van der Waals surface area contributed by atoms with Gasteiger partial charge >= 0.3 is 5.97 Å². The standard InChI is InChI=1S/C13H17N3O6S/c1-23(20,21)15-7-10-6-9(2-3-14-10)12(17)16-4-5-22-11(8-16)13(18)19/h2-3,6,11,15H,4-5,7-8H2,1H3,(H,18,19). The Morgan fingerprint density at radius 2 is 2.26 bits per heavy atom. The van der Waals surface area contributed by atoms with Gasteiger partial charge in [0.25, 0.3) is 5.91 Å². The number of carboxylic acids is 1. The topological polar surface area (TPSA) is 126 Å². The third kappa shape index (κ3) is 4.98. The van der Waals surface area contributed by atoms with Gasteiger partial charge in [0, 0.05) is 18.3 Å². The number of aromatic nitrogens is 1. The Morgan fingerprint density at radius 3 is 2.91 bits per heavy atom. The van der Waals surface area contributed by atoms with Gasteiger partial charge in [0.2, 0.25) is 10.0 Å². The van der Waals surface area contributed by atoms with Gasteiger partial charge in [0.15, 0.2) is 6.10 Å². The second kappa shape index (κ2) is 7.02. The first-order chi connectivity index (χ1) is 10.8. The van der Waals surface area contributed by atoms with Crippen molar-refractivity contribution in [3.63, 3.8) is 0 Å².